The van der Waals surface area contributed by atoms with E-state index in [-0.39, 0.29) is 24.8 Å². The van der Waals surface area contributed by atoms with E-state index in [1.165, 1.54) is 4.90 Å². The Kier molecular flexibility index (Phi) is 5.38. The lowest BCUT2D eigenvalue weighted by Crippen LogP contribution is -2.45. The number of carbonyl (C=O) groups is 2. The van der Waals surface area contributed by atoms with Crippen molar-refractivity contribution in [2.45, 2.75) is 25.7 Å². The average Bonchev–Trinajstić information content (AvgIpc) is 3.01. The van der Waals surface area contributed by atoms with Gasteiger partial charge in [-0.2, -0.15) is 0 Å². The van der Waals surface area contributed by atoms with Crippen molar-refractivity contribution in [1.82, 2.24) is 10.2 Å². The predicted molar refractivity (Wildman–Crippen MR) is 95.0 cm³/mol. The van der Waals surface area contributed by atoms with Gasteiger partial charge in [-0.3, -0.25) is 9.69 Å². The summed E-state index contributed by atoms with van der Waals surface area (Å²) >= 11 is 0. The largest absolute Gasteiger partial charge is 0.508 e. The molecule has 26 heavy (non-hydrogen) atoms. The van der Waals surface area contributed by atoms with Gasteiger partial charge < -0.3 is 20.9 Å². The number of aromatic hydroxyl groups is 1. The third-order valence-electron chi connectivity index (χ3n) is 4.27. The maximum Gasteiger partial charge on any atom is 0.410 e. The van der Waals surface area contributed by atoms with Crippen LogP contribution in [0.4, 0.5) is 4.79 Å². The summed E-state index contributed by atoms with van der Waals surface area (Å²) in [4.78, 5) is 25.8. The van der Waals surface area contributed by atoms with Gasteiger partial charge in [-0.25, -0.2) is 4.79 Å². The first kappa shape index (κ1) is 17.8. The topological polar surface area (TPSA) is 105 Å². The van der Waals surface area contributed by atoms with Crippen LogP contribution in [-0.2, 0) is 29.2 Å². The maximum absolute atomic E-state index is 12.5. The van der Waals surface area contributed by atoms with E-state index in [2.05, 4.69) is 5.32 Å². The van der Waals surface area contributed by atoms with E-state index < -0.39 is 12.1 Å². The summed E-state index contributed by atoms with van der Waals surface area (Å²) in [7, 11) is 0. The van der Waals surface area contributed by atoms with Crippen molar-refractivity contribution < 1.29 is 19.4 Å². The number of nitrogens with two attached hydrogens (primary N) is 1. The molecule has 1 heterocycles. The molecule has 0 saturated carbocycles. The van der Waals surface area contributed by atoms with Crippen LogP contribution >= 0.6 is 0 Å². The number of ether oxygens (including phenoxy) is 1. The molecule has 1 saturated heterocycles. The molecule has 0 bridgehead atoms. The van der Waals surface area contributed by atoms with Gasteiger partial charge in [0.25, 0.3) is 0 Å². The third kappa shape index (κ3) is 4.12. The lowest BCUT2D eigenvalue weighted by Gasteiger charge is -2.21. The first-order chi connectivity index (χ1) is 12.6. The van der Waals surface area contributed by atoms with Crippen molar-refractivity contribution in [2.24, 2.45) is 5.73 Å². The molecule has 1 fully saturated rings. The second kappa shape index (κ2) is 7.88. The van der Waals surface area contributed by atoms with Crippen molar-refractivity contribution in [3.05, 3.63) is 65.2 Å². The fourth-order valence-corrected chi connectivity index (χ4v) is 2.79. The summed E-state index contributed by atoms with van der Waals surface area (Å²) in [6, 6.07) is 13.5. The molecule has 0 unspecified atom stereocenters. The highest BCUT2D eigenvalue weighted by Crippen LogP contribution is 2.19. The molecule has 0 aromatic heterocycles. The monoisotopic (exact) mass is 355 g/mol. The van der Waals surface area contributed by atoms with E-state index in [1.807, 2.05) is 24.3 Å². The van der Waals surface area contributed by atoms with E-state index in [4.69, 9.17) is 10.5 Å². The Morgan fingerprint density at radius 2 is 1.92 bits per heavy atom. The molecule has 3 rings (SSSR count). The molecule has 7 nitrogen and oxygen atoms in total. The molecule has 2 aromatic rings. The molecule has 0 spiro atoms. The van der Waals surface area contributed by atoms with Crippen LogP contribution in [0.1, 0.15) is 16.7 Å². The van der Waals surface area contributed by atoms with E-state index >= 15 is 0 Å². The SMILES string of the molecule is NCc1ccc(CNC(=O)[C@@H]2COC(=O)N2Cc2cccc(O)c2)cc1. The minimum Gasteiger partial charge on any atom is -0.508 e. The fraction of sp³-hybridized carbons (Fsp3) is 0.263. The van der Waals surface area contributed by atoms with Gasteiger partial charge in [0.15, 0.2) is 0 Å². The normalized spacial score (nSPS) is 16.4. The lowest BCUT2D eigenvalue weighted by molar-refractivity contribution is -0.125. The summed E-state index contributed by atoms with van der Waals surface area (Å²) in [5.41, 5.74) is 8.26. The Morgan fingerprint density at radius 3 is 2.62 bits per heavy atom. The standard InChI is InChI=1S/C19H21N3O4/c20-9-13-4-6-14(7-5-13)10-21-18(24)17-12-26-19(25)22(17)11-15-2-1-3-16(23)8-15/h1-8,17,23H,9-12,20H2,(H,21,24)/t17-/m0/s1. The van der Waals surface area contributed by atoms with Gasteiger partial charge in [0.1, 0.15) is 18.4 Å². The Hall–Kier alpha value is -3.06. The van der Waals surface area contributed by atoms with E-state index in [0.717, 1.165) is 16.7 Å². The van der Waals surface area contributed by atoms with Crippen LogP contribution in [0.5, 0.6) is 5.75 Å². The summed E-state index contributed by atoms with van der Waals surface area (Å²) in [6.45, 7) is 1.03. The van der Waals surface area contributed by atoms with Crippen LogP contribution in [0.15, 0.2) is 48.5 Å². The molecule has 136 valence electrons. The van der Waals surface area contributed by atoms with Gasteiger partial charge in [0.05, 0.1) is 6.54 Å². The molecule has 1 aliphatic heterocycles. The summed E-state index contributed by atoms with van der Waals surface area (Å²) in [5, 5.41) is 12.4. The van der Waals surface area contributed by atoms with Gasteiger partial charge in [-0.15, -0.1) is 0 Å². The number of carbonyl (C=O) groups excluding carboxylic acids is 2. The van der Waals surface area contributed by atoms with E-state index in [9.17, 15) is 14.7 Å². The zero-order valence-electron chi connectivity index (χ0n) is 14.2. The van der Waals surface area contributed by atoms with Crippen molar-refractivity contribution in [3.8, 4) is 5.75 Å². The minimum absolute atomic E-state index is 0.00952. The Morgan fingerprint density at radius 1 is 1.19 bits per heavy atom. The van der Waals surface area contributed by atoms with Gasteiger partial charge >= 0.3 is 6.09 Å². The van der Waals surface area contributed by atoms with Crippen molar-refractivity contribution >= 4 is 12.0 Å². The number of rotatable bonds is 6. The van der Waals surface area contributed by atoms with Crippen LogP contribution in [0.2, 0.25) is 0 Å². The number of benzene rings is 2. The van der Waals surface area contributed by atoms with Crippen molar-refractivity contribution in [3.63, 3.8) is 0 Å². The Bertz CT molecular complexity index is 792. The summed E-state index contributed by atoms with van der Waals surface area (Å²) in [6.07, 6.45) is -0.541. The lowest BCUT2D eigenvalue weighted by atomic mass is 10.1. The minimum atomic E-state index is -0.701. The maximum atomic E-state index is 12.5. The second-order valence-electron chi connectivity index (χ2n) is 6.13. The zero-order chi connectivity index (χ0) is 18.5. The van der Waals surface area contributed by atoms with E-state index in [0.29, 0.717) is 13.1 Å². The molecule has 7 heteroatoms. The number of nitrogens with zero attached hydrogens (tertiary/aromatic N) is 1. The number of cyclic esters (lactones) is 1. The van der Waals surface area contributed by atoms with Crippen LogP contribution in [-0.4, -0.2) is 34.7 Å². The molecule has 1 aliphatic rings. The van der Waals surface area contributed by atoms with Crippen LogP contribution < -0.4 is 11.1 Å². The summed E-state index contributed by atoms with van der Waals surface area (Å²) in [5.74, 6) is -0.170. The Labute approximate surface area is 151 Å². The van der Waals surface area contributed by atoms with Gasteiger partial charge in [-0.1, -0.05) is 36.4 Å². The number of hydrogen-bond acceptors (Lipinski definition) is 5. The van der Waals surface area contributed by atoms with Crippen LogP contribution in [0.3, 0.4) is 0 Å². The second-order valence-corrected chi connectivity index (χ2v) is 6.13. The fourth-order valence-electron chi connectivity index (χ4n) is 2.79. The molecular formula is C19H21N3O4. The van der Waals surface area contributed by atoms with Crippen molar-refractivity contribution in [2.75, 3.05) is 6.61 Å². The van der Waals surface area contributed by atoms with Crippen molar-refractivity contribution in [1.29, 1.82) is 0 Å². The molecule has 0 radical (unpaired) electrons. The van der Waals surface area contributed by atoms with Gasteiger partial charge in [-0.05, 0) is 28.8 Å². The number of phenolic OH excluding ortho intramolecular Hbond substituents is 1. The number of amides is 2. The van der Waals surface area contributed by atoms with E-state index in [1.54, 1.807) is 24.3 Å². The van der Waals surface area contributed by atoms with Crippen LogP contribution in [0, 0.1) is 0 Å². The number of hydrogen-bond donors (Lipinski definition) is 3. The zero-order valence-corrected chi connectivity index (χ0v) is 14.2. The molecule has 4 N–H and O–H groups in total. The molecule has 0 aliphatic carbocycles. The highest BCUT2D eigenvalue weighted by atomic mass is 16.6. The van der Waals surface area contributed by atoms with Gasteiger partial charge in [0, 0.05) is 13.1 Å². The molecular weight excluding hydrogens is 334 g/mol. The quantitative estimate of drug-likeness (QED) is 0.728. The summed E-state index contributed by atoms with van der Waals surface area (Å²) < 4.78 is 5.03. The third-order valence-corrected chi connectivity index (χ3v) is 4.27. The van der Waals surface area contributed by atoms with Gasteiger partial charge in [0.2, 0.25) is 5.91 Å². The highest BCUT2D eigenvalue weighted by molar-refractivity contribution is 5.87. The predicted octanol–water partition coefficient (Wildman–Crippen LogP) is 1.49. The first-order valence-corrected chi connectivity index (χ1v) is 8.33. The molecule has 2 aromatic carbocycles. The number of nitrogens with one attached hydrogen (secondary N) is 1. The first-order valence-electron chi connectivity index (χ1n) is 8.33. The Balaban J connectivity index is 1.62. The molecule has 1 atom stereocenters. The average molecular weight is 355 g/mol. The molecule has 2 amide bonds. The number of phenols is 1. The highest BCUT2D eigenvalue weighted by Gasteiger charge is 2.37. The van der Waals surface area contributed by atoms with Crippen LogP contribution in [0.25, 0.3) is 0 Å². The smallest absolute Gasteiger partial charge is 0.410 e.